The number of halogens is 1. The van der Waals surface area contributed by atoms with E-state index in [0.717, 1.165) is 21.9 Å². The molecule has 1 atom stereocenters. The van der Waals surface area contributed by atoms with E-state index >= 15 is 0 Å². The van der Waals surface area contributed by atoms with E-state index in [1.807, 2.05) is 48.5 Å². The molecule has 1 aliphatic heterocycles. The number of aliphatic imine (C=N–C) groups is 1. The third-order valence-electron chi connectivity index (χ3n) is 3.57. The SMILES string of the molecule is CN=C1CN([O-])C(c2ccccc2)c2cc(Cl)ccc2N1. The summed E-state index contributed by atoms with van der Waals surface area (Å²) >= 11 is 6.12. The van der Waals surface area contributed by atoms with Crippen molar-refractivity contribution in [3.63, 3.8) is 0 Å². The maximum atomic E-state index is 12.6. The van der Waals surface area contributed by atoms with E-state index in [-0.39, 0.29) is 6.54 Å². The normalized spacial score (nSPS) is 20.7. The highest BCUT2D eigenvalue weighted by molar-refractivity contribution is 6.30. The molecule has 0 bridgehead atoms. The Balaban J connectivity index is 2.17. The van der Waals surface area contributed by atoms with Gasteiger partial charge in [-0.15, -0.1) is 0 Å². The van der Waals surface area contributed by atoms with Crippen LogP contribution in [0.15, 0.2) is 53.5 Å². The number of benzene rings is 2. The van der Waals surface area contributed by atoms with Crippen molar-refractivity contribution in [3.05, 3.63) is 69.9 Å². The highest BCUT2D eigenvalue weighted by Crippen LogP contribution is 2.36. The summed E-state index contributed by atoms with van der Waals surface area (Å²) in [6, 6.07) is 14.8. The van der Waals surface area contributed by atoms with Gasteiger partial charge in [0.25, 0.3) is 0 Å². The third kappa shape index (κ3) is 2.78. The van der Waals surface area contributed by atoms with Gasteiger partial charge in [0, 0.05) is 24.3 Å². The van der Waals surface area contributed by atoms with E-state index in [2.05, 4.69) is 10.3 Å². The predicted molar refractivity (Wildman–Crippen MR) is 86.8 cm³/mol. The summed E-state index contributed by atoms with van der Waals surface area (Å²) in [5.74, 6) is 0.645. The maximum absolute atomic E-state index is 12.6. The van der Waals surface area contributed by atoms with Crippen LogP contribution in [0.4, 0.5) is 5.69 Å². The number of anilines is 1. The van der Waals surface area contributed by atoms with Crippen molar-refractivity contribution < 1.29 is 0 Å². The van der Waals surface area contributed by atoms with Crippen molar-refractivity contribution in [3.8, 4) is 0 Å². The van der Waals surface area contributed by atoms with E-state index in [4.69, 9.17) is 11.6 Å². The van der Waals surface area contributed by atoms with Crippen LogP contribution in [0.5, 0.6) is 0 Å². The van der Waals surface area contributed by atoms with Crippen molar-refractivity contribution >= 4 is 23.1 Å². The zero-order chi connectivity index (χ0) is 14.8. The smallest absolute Gasteiger partial charge is 0.114 e. The van der Waals surface area contributed by atoms with Gasteiger partial charge in [-0.1, -0.05) is 41.9 Å². The Morgan fingerprint density at radius 2 is 2.00 bits per heavy atom. The number of nitrogens with one attached hydrogen (secondary N) is 1. The topological polar surface area (TPSA) is 50.7 Å². The molecule has 21 heavy (non-hydrogen) atoms. The van der Waals surface area contributed by atoms with Gasteiger partial charge in [0.1, 0.15) is 5.84 Å². The molecule has 0 aliphatic carbocycles. The molecule has 2 aromatic carbocycles. The minimum absolute atomic E-state index is 0.211. The van der Waals surface area contributed by atoms with E-state index in [0.29, 0.717) is 10.9 Å². The van der Waals surface area contributed by atoms with Crippen LogP contribution in [0.1, 0.15) is 17.2 Å². The zero-order valence-corrected chi connectivity index (χ0v) is 12.3. The minimum Gasteiger partial charge on any atom is -0.784 e. The van der Waals surface area contributed by atoms with Crippen LogP contribution in [0.3, 0.4) is 0 Å². The first-order valence-corrected chi connectivity index (χ1v) is 7.07. The van der Waals surface area contributed by atoms with Crippen LogP contribution >= 0.6 is 11.6 Å². The fraction of sp³-hybridized carbons (Fsp3) is 0.188. The number of fused-ring (bicyclic) bond motifs is 1. The third-order valence-corrected chi connectivity index (χ3v) is 3.80. The summed E-state index contributed by atoms with van der Waals surface area (Å²) < 4.78 is 0. The maximum Gasteiger partial charge on any atom is 0.114 e. The quantitative estimate of drug-likeness (QED) is 0.874. The average molecular weight is 301 g/mol. The monoisotopic (exact) mass is 300 g/mol. The van der Waals surface area contributed by atoms with Gasteiger partial charge in [-0.2, -0.15) is 0 Å². The van der Waals surface area contributed by atoms with Crippen LogP contribution in [0.25, 0.3) is 0 Å². The molecular formula is C16H15ClN3O-. The molecule has 4 nitrogen and oxygen atoms in total. The second-order valence-corrected chi connectivity index (χ2v) is 5.35. The Morgan fingerprint density at radius 1 is 1.24 bits per heavy atom. The van der Waals surface area contributed by atoms with E-state index in [1.54, 1.807) is 7.05 Å². The lowest BCUT2D eigenvalue weighted by Gasteiger charge is -2.36. The number of rotatable bonds is 1. The lowest BCUT2D eigenvalue weighted by molar-refractivity contribution is 0.364. The van der Waals surface area contributed by atoms with Gasteiger partial charge in [-0.25, -0.2) is 0 Å². The van der Waals surface area contributed by atoms with Crippen molar-refractivity contribution in [1.82, 2.24) is 5.06 Å². The van der Waals surface area contributed by atoms with Gasteiger partial charge in [-0.05, 0) is 29.3 Å². The van der Waals surface area contributed by atoms with Crippen molar-refractivity contribution in [1.29, 1.82) is 0 Å². The van der Waals surface area contributed by atoms with Gasteiger partial charge < -0.3 is 15.6 Å². The molecule has 0 saturated carbocycles. The Bertz CT molecular complexity index is 672. The van der Waals surface area contributed by atoms with Gasteiger partial charge in [0.05, 0.1) is 6.04 Å². The molecular weight excluding hydrogens is 286 g/mol. The standard InChI is InChI=1S/C16H15ClN3O/c1-18-15-10-20(21)16(11-5-3-2-4-6-11)13-9-12(17)7-8-14(13)19-15/h2-9,16H,10H2,1H3,(H,18,19)/q-1. The van der Waals surface area contributed by atoms with E-state index in [9.17, 15) is 5.21 Å². The Labute approximate surface area is 128 Å². The van der Waals surface area contributed by atoms with Gasteiger partial charge in [-0.3, -0.25) is 4.99 Å². The fourth-order valence-electron chi connectivity index (χ4n) is 2.57. The first-order chi connectivity index (χ1) is 10.2. The van der Waals surface area contributed by atoms with E-state index in [1.165, 1.54) is 0 Å². The van der Waals surface area contributed by atoms with Crippen molar-refractivity contribution in [2.75, 3.05) is 18.9 Å². The highest BCUT2D eigenvalue weighted by Gasteiger charge is 2.24. The molecule has 0 fully saturated rings. The van der Waals surface area contributed by atoms with Gasteiger partial charge in [0.15, 0.2) is 0 Å². The molecule has 1 heterocycles. The molecule has 0 aromatic heterocycles. The summed E-state index contributed by atoms with van der Waals surface area (Å²) in [4.78, 5) is 4.14. The Hall–Kier alpha value is -1.88. The fourth-order valence-corrected chi connectivity index (χ4v) is 2.75. The van der Waals surface area contributed by atoms with Gasteiger partial charge >= 0.3 is 0 Å². The Morgan fingerprint density at radius 3 is 2.71 bits per heavy atom. The Kier molecular flexibility index (Phi) is 3.92. The first kappa shape index (κ1) is 14.1. The molecule has 1 N–H and O–H groups in total. The molecule has 1 aliphatic rings. The summed E-state index contributed by atoms with van der Waals surface area (Å²) in [6.45, 7) is 0.211. The van der Waals surface area contributed by atoms with Crippen molar-refractivity contribution in [2.24, 2.45) is 4.99 Å². The number of hydrogen-bond acceptors (Lipinski definition) is 3. The summed E-state index contributed by atoms with van der Waals surface area (Å²) in [5, 5.41) is 17.5. The predicted octanol–water partition coefficient (Wildman–Crippen LogP) is 3.68. The molecule has 3 rings (SSSR count). The molecule has 0 amide bonds. The molecule has 0 spiro atoms. The second-order valence-electron chi connectivity index (χ2n) is 4.92. The highest BCUT2D eigenvalue weighted by atomic mass is 35.5. The summed E-state index contributed by atoms with van der Waals surface area (Å²) in [7, 11) is 1.68. The van der Waals surface area contributed by atoms with Crippen LogP contribution in [0.2, 0.25) is 5.02 Å². The van der Waals surface area contributed by atoms with Crippen LogP contribution < -0.4 is 5.32 Å². The lowest BCUT2D eigenvalue weighted by atomic mass is 9.97. The number of amidine groups is 1. The van der Waals surface area contributed by atoms with Crippen LogP contribution in [0, 0.1) is 5.21 Å². The number of hydrogen-bond donors (Lipinski definition) is 1. The average Bonchev–Trinajstić information content (AvgIpc) is 2.63. The van der Waals surface area contributed by atoms with Gasteiger partial charge in [0.2, 0.25) is 0 Å². The van der Waals surface area contributed by atoms with E-state index < -0.39 is 6.04 Å². The zero-order valence-electron chi connectivity index (χ0n) is 11.6. The largest absolute Gasteiger partial charge is 0.784 e. The summed E-state index contributed by atoms with van der Waals surface area (Å²) in [6.07, 6.45) is 0. The summed E-state index contributed by atoms with van der Waals surface area (Å²) in [5.41, 5.74) is 2.67. The molecule has 5 heteroatoms. The molecule has 2 aromatic rings. The van der Waals surface area contributed by atoms with Crippen LogP contribution in [-0.4, -0.2) is 24.5 Å². The second kappa shape index (κ2) is 5.85. The molecule has 1 unspecified atom stereocenters. The number of hydroxylamine groups is 2. The molecule has 0 saturated heterocycles. The molecule has 0 radical (unpaired) electrons. The van der Waals surface area contributed by atoms with Crippen LogP contribution in [-0.2, 0) is 0 Å². The minimum atomic E-state index is -0.397. The first-order valence-electron chi connectivity index (χ1n) is 6.70. The number of nitrogens with zero attached hydrogens (tertiary/aromatic N) is 2. The lowest BCUT2D eigenvalue weighted by Crippen LogP contribution is -2.29. The van der Waals surface area contributed by atoms with Crippen molar-refractivity contribution in [2.45, 2.75) is 6.04 Å². The molecule has 108 valence electrons.